The number of anilines is 1. The molecule has 0 fully saturated rings. The van der Waals surface area contributed by atoms with E-state index in [1.165, 1.54) is 23.5 Å². The van der Waals surface area contributed by atoms with Gasteiger partial charge in [-0.3, -0.25) is 14.4 Å². The van der Waals surface area contributed by atoms with Crippen LogP contribution in [0.3, 0.4) is 0 Å². The number of ether oxygens (including phenoxy) is 1. The fourth-order valence-corrected chi connectivity index (χ4v) is 3.02. The molecule has 0 saturated carbocycles. The van der Waals surface area contributed by atoms with Gasteiger partial charge in [0.15, 0.2) is 0 Å². The maximum Gasteiger partial charge on any atom is 0.261 e. The average Bonchev–Trinajstić information content (AvgIpc) is 3.16. The number of carbonyl (C=O) groups excluding carboxylic acids is 3. The molecule has 3 amide bonds. The molecular formula is C18H20ClN3O4S. The monoisotopic (exact) mass is 409 g/mol. The Hall–Kier alpha value is -2.42. The minimum absolute atomic E-state index is 0.206. The zero-order chi connectivity index (χ0) is 19.8. The molecule has 2 rings (SSSR count). The number of nitrogens with one attached hydrogen (secondary N) is 3. The topological polar surface area (TPSA) is 96.5 Å². The molecule has 3 N–H and O–H groups in total. The van der Waals surface area contributed by atoms with Gasteiger partial charge in [-0.2, -0.15) is 0 Å². The zero-order valence-corrected chi connectivity index (χ0v) is 16.4. The van der Waals surface area contributed by atoms with Crippen molar-refractivity contribution >= 4 is 46.3 Å². The summed E-state index contributed by atoms with van der Waals surface area (Å²) in [6, 6.07) is 7.28. The van der Waals surface area contributed by atoms with Crippen LogP contribution in [0.5, 0.6) is 0 Å². The first-order valence-electron chi connectivity index (χ1n) is 8.14. The first kappa shape index (κ1) is 20.9. The Labute approximate surface area is 166 Å². The third-order valence-corrected chi connectivity index (χ3v) is 4.74. The van der Waals surface area contributed by atoms with E-state index in [0.717, 1.165) is 0 Å². The second-order valence-electron chi connectivity index (χ2n) is 5.61. The second-order valence-corrected chi connectivity index (χ2v) is 6.96. The molecule has 0 aliphatic heterocycles. The molecule has 0 aliphatic carbocycles. The Morgan fingerprint density at radius 3 is 2.63 bits per heavy atom. The number of methoxy groups -OCH3 is 1. The summed E-state index contributed by atoms with van der Waals surface area (Å²) in [6.07, 6.45) is 0. The van der Waals surface area contributed by atoms with E-state index in [-0.39, 0.29) is 16.8 Å². The summed E-state index contributed by atoms with van der Waals surface area (Å²) in [7, 11) is 1.54. The van der Waals surface area contributed by atoms with Crippen LogP contribution in [-0.4, -0.2) is 44.0 Å². The molecule has 1 aromatic carbocycles. The first-order valence-corrected chi connectivity index (χ1v) is 9.40. The number of amides is 3. The summed E-state index contributed by atoms with van der Waals surface area (Å²) >= 11 is 7.44. The highest BCUT2D eigenvalue weighted by Gasteiger charge is 2.18. The van der Waals surface area contributed by atoms with Gasteiger partial charge in [-0.05, 0) is 36.6 Å². The number of hydrogen-bond donors (Lipinski definition) is 3. The van der Waals surface area contributed by atoms with Crippen molar-refractivity contribution in [3.05, 3.63) is 51.2 Å². The Morgan fingerprint density at radius 2 is 2.00 bits per heavy atom. The van der Waals surface area contributed by atoms with Gasteiger partial charge in [-0.25, -0.2) is 0 Å². The molecule has 2 aromatic rings. The van der Waals surface area contributed by atoms with E-state index in [9.17, 15) is 14.4 Å². The van der Waals surface area contributed by atoms with Gasteiger partial charge < -0.3 is 20.7 Å². The quantitative estimate of drug-likeness (QED) is 0.584. The Balaban J connectivity index is 1.94. The number of hydrogen-bond acceptors (Lipinski definition) is 5. The van der Waals surface area contributed by atoms with Crippen molar-refractivity contribution in [3.63, 3.8) is 0 Å². The number of thiophene rings is 1. The van der Waals surface area contributed by atoms with Crippen LogP contribution in [0.4, 0.5) is 5.69 Å². The van der Waals surface area contributed by atoms with Gasteiger partial charge in [-0.1, -0.05) is 17.7 Å². The van der Waals surface area contributed by atoms with Crippen LogP contribution < -0.4 is 16.0 Å². The van der Waals surface area contributed by atoms with E-state index in [0.29, 0.717) is 29.3 Å². The number of halogens is 1. The summed E-state index contributed by atoms with van der Waals surface area (Å²) in [5.74, 6) is -1.03. The lowest BCUT2D eigenvalue weighted by Gasteiger charge is -2.14. The average molecular weight is 410 g/mol. The fourth-order valence-electron chi connectivity index (χ4n) is 2.13. The molecule has 27 heavy (non-hydrogen) atoms. The van der Waals surface area contributed by atoms with Gasteiger partial charge in [-0.15, -0.1) is 11.3 Å². The minimum Gasteiger partial charge on any atom is -0.383 e. The van der Waals surface area contributed by atoms with E-state index in [4.69, 9.17) is 16.3 Å². The molecule has 0 bridgehead atoms. The van der Waals surface area contributed by atoms with Crippen LogP contribution in [0.1, 0.15) is 27.0 Å². The fraction of sp³-hybridized carbons (Fsp3) is 0.278. The van der Waals surface area contributed by atoms with E-state index in [1.807, 2.05) is 0 Å². The number of rotatable bonds is 8. The van der Waals surface area contributed by atoms with Gasteiger partial charge in [0.2, 0.25) is 5.91 Å². The van der Waals surface area contributed by atoms with Gasteiger partial charge >= 0.3 is 0 Å². The standard InChI is InChI=1S/C18H20ClN3O4S/c1-11(21-18(25)15-4-3-9-27-15)16(23)22-12-5-6-13(14(19)10-12)17(24)20-7-8-26-2/h3-6,9-11H,7-8H2,1-2H3,(H,20,24)(H,21,25)(H,22,23). The van der Waals surface area contributed by atoms with E-state index in [2.05, 4.69) is 16.0 Å². The van der Waals surface area contributed by atoms with Crippen LogP contribution in [0.15, 0.2) is 35.7 Å². The third kappa shape index (κ3) is 6.06. The molecule has 0 radical (unpaired) electrons. The van der Waals surface area contributed by atoms with E-state index in [1.54, 1.807) is 37.6 Å². The highest BCUT2D eigenvalue weighted by molar-refractivity contribution is 7.12. The Bertz CT molecular complexity index is 811. The van der Waals surface area contributed by atoms with E-state index >= 15 is 0 Å². The van der Waals surface area contributed by atoms with Gasteiger partial charge in [0.25, 0.3) is 11.8 Å². The highest BCUT2D eigenvalue weighted by atomic mass is 35.5. The number of carbonyl (C=O) groups is 3. The lowest BCUT2D eigenvalue weighted by Crippen LogP contribution is -2.41. The summed E-state index contributed by atoms with van der Waals surface area (Å²) < 4.78 is 4.87. The third-order valence-electron chi connectivity index (χ3n) is 3.56. The van der Waals surface area contributed by atoms with Crippen molar-refractivity contribution in [3.8, 4) is 0 Å². The Morgan fingerprint density at radius 1 is 1.22 bits per heavy atom. The molecule has 0 saturated heterocycles. The predicted molar refractivity (Wildman–Crippen MR) is 106 cm³/mol. The van der Waals surface area contributed by atoms with Crippen LogP contribution in [-0.2, 0) is 9.53 Å². The lowest BCUT2D eigenvalue weighted by molar-refractivity contribution is -0.117. The van der Waals surface area contributed by atoms with Gasteiger partial charge in [0, 0.05) is 19.3 Å². The zero-order valence-electron chi connectivity index (χ0n) is 14.9. The molecule has 7 nitrogen and oxygen atoms in total. The molecule has 1 unspecified atom stereocenters. The van der Waals surface area contributed by atoms with Crippen molar-refractivity contribution in [2.75, 3.05) is 25.6 Å². The lowest BCUT2D eigenvalue weighted by atomic mass is 10.2. The Kier molecular flexibility index (Phi) is 7.78. The maximum absolute atomic E-state index is 12.3. The first-order chi connectivity index (χ1) is 12.9. The van der Waals surface area contributed by atoms with Crippen molar-refractivity contribution in [1.29, 1.82) is 0 Å². The summed E-state index contributed by atoms with van der Waals surface area (Å²) in [5.41, 5.74) is 0.723. The minimum atomic E-state index is -0.740. The summed E-state index contributed by atoms with van der Waals surface area (Å²) in [5, 5.41) is 9.96. The van der Waals surface area contributed by atoms with Crippen molar-refractivity contribution in [1.82, 2.24) is 10.6 Å². The van der Waals surface area contributed by atoms with Crippen LogP contribution in [0.2, 0.25) is 5.02 Å². The molecule has 1 aromatic heterocycles. The smallest absolute Gasteiger partial charge is 0.261 e. The summed E-state index contributed by atoms with van der Waals surface area (Å²) in [6.45, 7) is 2.35. The van der Waals surface area contributed by atoms with Crippen molar-refractivity contribution < 1.29 is 19.1 Å². The SMILES string of the molecule is COCCNC(=O)c1ccc(NC(=O)C(C)NC(=O)c2cccs2)cc1Cl. The summed E-state index contributed by atoms with van der Waals surface area (Å²) in [4.78, 5) is 36.8. The molecule has 0 aliphatic rings. The maximum atomic E-state index is 12.3. The molecule has 1 heterocycles. The number of benzene rings is 1. The van der Waals surface area contributed by atoms with Gasteiger partial charge in [0.05, 0.1) is 22.1 Å². The van der Waals surface area contributed by atoms with Crippen molar-refractivity contribution in [2.24, 2.45) is 0 Å². The van der Waals surface area contributed by atoms with Crippen LogP contribution >= 0.6 is 22.9 Å². The van der Waals surface area contributed by atoms with Crippen LogP contribution in [0, 0.1) is 0 Å². The van der Waals surface area contributed by atoms with Crippen LogP contribution in [0.25, 0.3) is 0 Å². The highest BCUT2D eigenvalue weighted by Crippen LogP contribution is 2.21. The molecule has 0 spiro atoms. The van der Waals surface area contributed by atoms with Gasteiger partial charge in [0.1, 0.15) is 6.04 Å². The second kappa shape index (κ2) is 10.1. The predicted octanol–water partition coefficient (Wildman–Crippen LogP) is 2.53. The van der Waals surface area contributed by atoms with Crippen molar-refractivity contribution in [2.45, 2.75) is 13.0 Å². The van der Waals surface area contributed by atoms with E-state index < -0.39 is 11.9 Å². The molecule has 144 valence electrons. The largest absolute Gasteiger partial charge is 0.383 e. The molecular weight excluding hydrogens is 390 g/mol. The molecule has 9 heteroatoms. The normalized spacial score (nSPS) is 11.5. The molecule has 1 atom stereocenters.